The highest BCUT2D eigenvalue weighted by Gasteiger charge is 2.28. The fourth-order valence-electron chi connectivity index (χ4n) is 3.95. The van der Waals surface area contributed by atoms with Crippen LogP contribution < -0.4 is 27.0 Å². The second kappa shape index (κ2) is 19.3. The molecule has 0 saturated heterocycles. The van der Waals surface area contributed by atoms with Crippen LogP contribution in [0.2, 0.25) is 0 Å². The van der Waals surface area contributed by atoms with Crippen molar-refractivity contribution in [1.82, 2.24) is 21.3 Å². The van der Waals surface area contributed by atoms with Gasteiger partial charge in [-0.25, -0.2) is 4.79 Å². The zero-order valence-electron chi connectivity index (χ0n) is 25.8. The van der Waals surface area contributed by atoms with Gasteiger partial charge in [0, 0.05) is 13.3 Å². The van der Waals surface area contributed by atoms with E-state index in [0.29, 0.717) is 0 Å². The van der Waals surface area contributed by atoms with E-state index in [4.69, 9.17) is 15.6 Å². The summed E-state index contributed by atoms with van der Waals surface area (Å²) in [7, 11) is 0. The topological polar surface area (TPSA) is 237 Å². The predicted octanol–water partition coefficient (Wildman–Crippen LogP) is 0.317. The molecule has 0 heterocycles. The largest absolute Gasteiger partial charge is 0.508 e. The number of carboxylic acids is 2. The maximum absolute atomic E-state index is 13.0. The van der Waals surface area contributed by atoms with Crippen LogP contribution in [0.3, 0.4) is 0 Å². The summed E-state index contributed by atoms with van der Waals surface area (Å²) >= 11 is 0. The average molecular weight is 630 g/mol. The number of nitrogens with one attached hydrogen (secondary N) is 4. The molecule has 0 bridgehead atoms. The number of carbonyl (C=O) groups excluding carboxylic acids is 4. The Morgan fingerprint density at radius 3 is 1.82 bits per heavy atom. The fraction of sp³-hybridized carbons (Fsp3) is 0.419. The number of amides is 4. The van der Waals surface area contributed by atoms with Crippen molar-refractivity contribution in [3.8, 4) is 5.75 Å². The zero-order valence-corrected chi connectivity index (χ0v) is 25.8. The summed E-state index contributed by atoms with van der Waals surface area (Å²) in [5, 5.41) is 36.3. The highest BCUT2D eigenvalue weighted by atomic mass is 16.4. The Labute approximate surface area is 261 Å². The average Bonchev–Trinajstić information content (AvgIpc) is 2.96. The molecule has 0 fully saturated rings. The highest BCUT2D eigenvalue weighted by Crippen LogP contribution is 2.11. The first-order chi connectivity index (χ1) is 21.1. The molecule has 4 atom stereocenters. The minimum absolute atomic E-state index is 0.0126. The van der Waals surface area contributed by atoms with Gasteiger partial charge < -0.3 is 42.3 Å². The molecule has 2 aromatic rings. The molecule has 0 aliphatic heterocycles. The molecule has 0 spiro atoms. The van der Waals surface area contributed by atoms with Gasteiger partial charge in [0.15, 0.2) is 0 Å². The van der Waals surface area contributed by atoms with Crippen LogP contribution in [-0.2, 0) is 41.6 Å². The molecule has 0 aliphatic carbocycles. The van der Waals surface area contributed by atoms with Gasteiger partial charge in [0.2, 0.25) is 23.6 Å². The number of benzene rings is 2. The van der Waals surface area contributed by atoms with Crippen LogP contribution in [0.4, 0.5) is 0 Å². The maximum atomic E-state index is 13.0. The van der Waals surface area contributed by atoms with E-state index >= 15 is 0 Å². The number of phenols is 1. The summed E-state index contributed by atoms with van der Waals surface area (Å²) < 4.78 is 0. The number of phenolic OH excluding ortho intramolecular Hbond substituents is 1. The Morgan fingerprint density at radius 1 is 0.733 bits per heavy atom. The Bertz CT molecular complexity index is 1280. The van der Waals surface area contributed by atoms with Crippen molar-refractivity contribution in [2.24, 2.45) is 11.7 Å². The molecule has 0 aliphatic rings. The molecule has 9 N–H and O–H groups in total. The van der Waals surface area contributed by atoms with Crippen LogP contribution in [0.5, 0.6) is 5.75 Å². The smallest absolute Gasteiger partial charge is 0.326 e. The van der Waals surface area contributed by atoms with Crippen LogP contribution in [0, 0.1) is 5.92 Å². The summed E-state index contributed by atoms with van der Waals surface area (Å²) in [4.78, 5) is 71.3. The number of hydrogen-bond acceptors (Lipinski definition) is 8. The summed E-state index contributed by atoms with van der Waals surface area (Å²) in [5.41, 5.74) is 7.41. The predicted molar refractivity (Wildman–Crippen MR) is 165 cm³/mol. The van der Waals surface area contributed by atoms with E-state index in [9.17, 15) is 34.2 Å². The van der Waals surface area contributed by atoms with Crippen molar-refractivity contribution >= 4 is 35.6 Å². The summed E-state index contributed by atoms with van der Waals surface area (Å²) in [5.74, 6) is -4.46. The van der Waals surface area contributed by atoms with E-state index in [1.54, 1.807) is 42.5 Å². The van der Waals surface area contributed by atoms with Crippen molar-refractivity contribution in [3.63, 3.8) is 0 Å². The minimum atomic E-state index is -1.18. The van der Waals surface area contributed by atoms with Gasteiger partial charge in [-0.2, -0.15) is 0 Å². The molecular formula is C31H43N5O9. The van der Waals surface area contributed by atoms with E-state index in [2.05, 4.69) is 21.3 Å². The minimum Gasteiger partial charge on any atom is -0.508 e. The third kappa shape index (κ3) is 15.9. The van der Waals surface area contributed by atoms with Crippen LogP contribution >= 0.6 is 0 Å². The van der Waals surface area contributed by atoms with Gasteiger partial charge in [-0.15, -0.1) is 0 Å². The lowest BCUT2D eigenvalue weighted by Gasteiger charge is -2.23. The van der Waals surface area contributed by atoms with Gasteiger partial charge in [0.1, 0.15) is 23.9 Å². The molecule has 4 amide bonds. The lowest BCUT2D eigenvalue weighted by Crippen LogP contribution is -2.55. The molecule has 246 valence electrons. The normalized spacial score (nSPS) is 13.1. The molecule has 0 aromatic heterocycles. The monoisotopic (exact) mass is 629 g/mol. The molecule has 0 radical (unpaired) electrons. The second-order valence-corrected chi connectivity index (χ2v) is 10.8. The molecular weight excluding hydrogens is 586 g/mol. The Morgan fingerprint density at radius 2 is 1.29 bits per heavy atom. The first-order valence-corrected chi connectivity index (χ1v) is 14.3. The summed E-state index contributed by atoms with van der Waals surface area (Å²) in [6.07, 6.45) is 0.505. The van der Waals surface area contributed by atoms with E-state index in [0.717, 1.165) is 18.1 Å². The quantitative estimate of drug-likeness (QED) is 0.134. The van der Waals surface area contributed by atoms with E-state index in [1.807, 2.05) is 13.8 Å². The third-order valence-corrected chi connectivity index (χ3v) is 6.16. The molecule has 14 heteroatoms. The second-order valence-electron chi connectivity index (χ2n) is 10.8. The summed E-state index contributed by atoms with van der Waals surface area (Å²) in [6.45, 7) is 5.71. The van der Waals surface area contributed by atoms with Crippen LogP contribution in [0.1, 0.15) is 45.2 Å². The first-order valence-electron chi connectivity index (χ1n) is 14.3. The number of carbonyl (C=O) groups is 6. The number of carboxylic acid groups (broad SMARTS) is 2. The summed E-state index contributed by atoms with van der Waals surface area (Å²) in [6, 6.07) is 11.0. The van der Waals surface area contributed by atoms with Gasteiger partial charge >= 0.3 is 5.97 Å². The van der Waals surface area contributed by atoms with Crippen molar-refractivity contribution in [2.75, 3.05) is 6.54 Å². The van der Waals surface area contributed by atoms with E-state index in [1.165, 1.54) is 19.1 Å². The number of aromatic hydroxyl groups is 1. The SMILES string of the molecule is CC(=O)O.CC(C)CC(NC(=O)C(Cc1ccccc1)NC(=O)CNC(=O)C(C)NC(=O)C(N)Cc1ccc(O)cc1)C(=O)O. The van der Waals surface area contributed by atoms with Crippen molar-refractivity contribution in [2.45, 2.75) is 71.1 Å². The van der Waals surface area contributed by atoms with Crippen LogP contribution in [-0.4, -0.2) is 81.6 Å². The van der Waals surface area contributed by atoms with E-state index in [-0.39, 0.29) is 30.9 Å². The lowest BCUT2D eigenvalue weighted by molar-refractivity contribution is -0.142. The lowest BCUT2D eigenvalue weighted by atomic mass is 10.0. The number of rotatable bonds is 15. The molecule has 14 nitrogen and oxygen atoms in total. The fourth-order valence-corrected chi connectivity index (χ4v) is 3.95. The Hall–Kier alpha value is -4.98. The number of hydrogen-bond donors (Lipinski definition) is 8. The molecule has 4 unspecified atom stereocenters. The Kier molecular flexibility index (Phi) is 16.3. The van der Waals surface area contributed by atoms with Crippen molar-refractivity contribution in [3.05, 3.63) is 65.7 Å². The highest BCUT2D eigenvalue weighted by molar-refractivity contribution is 5.94. The van der Waals surface area contributed by atoms with Gasteiger partial charge in [-0.1, -0.05) is 56.3 Å². The van der Waals surface area contributed by atoms with Crippen molar-refractivity contribution < 1.29 is 44.1 Å². The van der Waals surface area contributed by atoms with Crippen LogP contribution in [0.15, 0.2) is 54.6 Å². The van der Waals surface area contributed by atoms with Crippen molar-refractivity contribution in [1.29, 1.82) is 0 Å². The van der Waals surface area contributed by atoms with Gasteiger partial charge in [0.05, 0.1) is 12.6 Å². The van der Waals surface area contributed by atoms with E-state index < -0.39 is 66.3 Å². The van der Waals surface area contributed by atoms with Gasteiger partial charge in [-0.3, -0.25) is 24.0 Å². The van der Waals surface area contributed by atoms with Gasteiger partial charge in [-0.05, 0) is 48.9 Å². The molecule has 2 rings (SSSR count). The third-order valence-electron chi connectivity index (χ3n) is 6.16. The number of aliphatic carboxylic acids is 2. The molecule has 2 aromatic carbocycles. The van der Waals surface area contributed by atoms with Crippen LogP contribution in [0.25, 0.3) is 0 Å². The number of nitrogens with two attached hydrogens (primary N) is 1. The Balaban J connectivity index is 0.00000238. The standard InChI is InChI=1S/C29H39N5O7.C2H4O2/c1-17(2)13-24(29(40)41)34-28(39)23(15-19-7-5-4-6-8-19)33-25(36)16-31-26(37)18(3)32-27(38)22(30)14-20-9-11-21(35)12-10-20;1-2(3)4/h4-12,17-18,22-24,35H,13-16,30H2,1-3H3,(H,31,37)(H,32,38)(H,33,36)(H,34,39)(H,40,41);1H3,(H,3,4). The van der Waals surface area contributed by atoms with Gasteiger partial charge in [0.25, 0.3) is 5.97 Å². The molecule has 45 heavy (non-hydrogen) atoms. The maximum Gasteiger partial charge on any atom is 0.326 e. The first kappa shape index (κ1) is 38.0. The zero-order chi connectivity index (χ0) is 34.1. The molecule has 0 saturated carbocycles.